The molecule has 11 heavy (non-hydrogen) atoms. The van der Waals surface area contributed by atoms with E-state index in [0.717, 1.165) is 11.5 Å². The molecule has 0 radical (unpaired) electrons. The molecule has 0 N–H and O–H groups in total. The Bertz CT molecular complexity index is 140. The highest BCUT2D eigenvalue weighted by Gasteiger charge is 2.05. The number of hydrogen-bond acceptors (Lipinski definition) is 0. The molecule has 0 aromatic carbocycles. The van der Waals surface area contributed by atoms with Crippen molar-refractivity contribution in [1.82, 2.24) is 0 Å². The van der Waals surface area contributed by atoms with E-state index in [9.17, 15) is 0 Å². The molecule has 0 spiro atoms. The Balaban J connectivity index is 3.97. The van der Waals surface area contributed by atoms with Crippen LogP contribution >= 0.6 is 0 Å². The Morgan fingerprint density at radius 1 is 1.45 bits per heavy atom. The monoisotopic (exact) mass is 152 g/mol. The standard InChI is InChI=1S/C11H20/c1-6-11(10(4)5)8-7-9(2)3/h7-8,10-11H,2,6H2,1,3-5H3/b8-7+. The molecule has 0 aromatic rings. The van der Waals surface area contributed by atoms with Crippen LogP contribution in [0.1, 0.15) is 34.1 Å². The second-order valence-corrected chi connectivity index (χ2v) is 3.52. The Morgan fingerprint density at radius 3 is 2.27 bits per heavy atom. The van der Waals surface area contributed by atoms with Crippen LogP contribution in [0.15, 0.2) is 24.3 Å². The zero-order valence-electron chi connectivity index (χ0n) is 8.22. The van der Waals surface area contributed by atoms with Crippen LogP contribution in [-0.2, 0) is 0 Å². The third kappa shape index (κ3) is 4.83. The van der Waals surface area contributed by atoms with E-state index in [2.05, 4.69) is 39.5 Å². The molecule has 1 unspecified atom stereocenters. The predicted octanol–water partition coefficient (Wildman–Crippen LogP) is 3.80. The SMILES string of the molecule is C=C(C)/C=C/C(CC)C(C)C. The predicted molar refractivity (Wildman–Crippen MR) is 52.6 cm³/mol. The van der Waals surface area contributed by atoms with Gasteiger partial charge in [0.05, 0.1) is 0 Å². The Morgan fingerprint density at radius 2 is 2.00 bits per heavy atom. The van der Waals surface area contributed by atoms with Crippen molar-refractivity contribution >= 4 is 0 Å². The second-order valence-electron chi connectivity index (χ2n) is 3.52. The summed E-state index contributed by atoms with van der Waals surface area (Å²) in [5.41, 5.74) is 1.14. The fourth-order valence-corrected chi connectivity index (χ4v) is 1.12. The van der Waals surface area contributed by atoms with Gasteiger partial charge in [0.15, 0.2) is 0 Å². The maximum absolute atomic E-state index is 3.83. The second kappa shape index (κ2) is 5.17. The molecule has 0 heterocycles. The summed E-state index contributed by atoms with van der Waals surface area (Å²) in [6.07, 6.45) is 5.61. The summed E-state index contributed by atoms with van der Waals surface area (Å²) in [5, 5.41) is 0. The lowest BCUT2D eigenvalue weighted by atomic mass is 9.92. The van der Waals surface area contributed by atoms with Crippen molar-refractivity contribution in [3.8, 4) is 0 Å². The molecule has 0 aliphatic rings. The molecular formula is C11H20. The first-order valence-corrected chi connectivity index (χ1v) is 4.41. The summed E-state index contributed by atoms with van der Waals surface area (Å²) in [5.74, 6) is 1.46. The first-order valence-electron chi connectivity index (χ1n) is 4.41. The molecule has 0 fully saturated rings. The maximum atomic E-state index is 3.83. The minimum Gasteiger partial charge on any atom is -0.0961 e. The van der Waals surface area contributed by atoms with Gasteiger partial charge in [0.1, 0.15) is 0 Å². The van der Waals surface area contributed by atoms with Gasteiger partial charge in [-0.25, -0.2) is 0 Å². The van der Waals surface area contributed by atoms with E-state index in [1.54, 1.807) is 0 Å². The van der Waals surface area contributed by atoms with E-state index in [1.807, 2.05) is 6.92 Å². The third-order valence-corrected chi connectivity index (χ3v) is 1.96. The molecule has 0 aliphatic heterocycles. The number of allylic oxidation sites excluding steroid dienone is 3. The van der Waals surface area contributed by atoms with Crippen LogP contribution in [0.2, 0.25) is 0 Å². The van der Waals surface area contributed by atoms with Crippen molar-refractivity contribution in [2.75, 3.05) is 0 Å². The van der Waals surface area contributed by atoms with E-state index in [0.29, 0.717) is 5.92 Å². The van der Waals surface area contributed by atoms with Crippen LogP contribution < -0.4 is 0 Å². The fourth-order valence-electron chi connectivity index (χ4n) is 1.12. The lowest BCUT2D eigenvalue weighted by Crippen LogP contribution is -2.03. The van der Waals surface area contributed by atoms with Gasteiger partial charge in [0.2, 0.25) is 0 Å². The van der Waals surface area contributed by atoms with Gasteiger partial charge in [-0.3, -0.25) is 0 Å². The van der Waals surface area contributed by atoms with Gasteiger partial charge in [-0.2, -0.15) is 0 Å². The molecule has 0 saturated heterocycles. The molecule has 0 heteroatoms. The van der Waals surface area contributed by atoms with E-state index < -0.39 is 0 Å². The van der Waals surface area contributed by atoms with Crippen LogP contribution in [-0.4, -0.2) is 0 Å². The fraction of sp³-hybridized carbons (Fsp3) is 0.636. The molecule has 0 aliphatic carbocycles. The van der Waals surface area contributed by atoms with Crippen molar-refractivity contribution in [1.29, 1.82) is 0 Å². The highest BCUT2D eigenvalue weighted by Crippen LogP contribution is 2.16. The van der Waals surface area contributed by atoms with Gasteiger partial charge in [0, 0.05) is 0 Å². The van der Waals surface area contributed by atoms with Crippen molar-refractivity contribution in [2.45, 2.75) is 34.1 Å². The summed E-state index contributed by atoms with van der Waals surface area (Å²) in [7, 11) is 0. The van der Waals surface area contributed by atoms with Gasteiger partial charge in [-0.15, -0.1) is 0 Å². The van der Waals surface area contributed by atoms with E-state index in [4.69, 9.17) is 0 Å². The topological polar surface area (TPSA) is 0 Å². The Hall–Kier alpha value is -0.520. The van der Waals surface area contributed by atoms with Crippen molar-refractivity contribution in [3.05, 3.63) is 24.3 Å². The van der Waals surface area contributed by atoms with Gasteiger partial charge < -0.3 is 0 Å². The van der Waals surface area contributed by atoms with Gasteiger partial charge in [-0.05, 0) is 25.2 Å². The molecule has 1 atom stereocenters. The van der Waals surface area contributed by atoms with Crippen molar-refractivity contribution in [3.63, 3.8) is 0 Å². The van der Waals surface area contributed by atoms with Gasteiger partial charge in [0.25, 0.3) is 0 Å². The van der Waals surface area contributed by atoms with Crippen molar-refractivity contribution < 1.29 is 0 Å². The highest BCUT2D eigenvalue weighted by atomic mass is 14.1. The average Bonchev–Trinajstić information content (AvgIpc) is 1.87. The van der Waals surface area contributed by atoms with Crippen LogP contribution in [0.4, 0.5) is 0 Å². The van der Waals surface area contributed by atoms with Crippen LogP contribution in [0.3, 0.4) is 0 Å². The van der Waals surface area contributed by atoms with Crippen LogP contribution in [0, 0.1) is 11.8 Å². The minimum atomic E-state index is 0.715. The minimum absolute atomic E-state index is 0.715. The normalized spacial score (nSPS) is 14.3. The van der Waals surface area contributed by atoms with Crippen LogP contribution in [0.25, 0.3) is 0 Å². The maximum Gasteiger partial charge on any atom is -0.0210 e. The number of rotatable bonds is 4. The molecule has 0 rings (SSSR count). The highest BCUT2D eigenvalue weighted by molar-refractivity contribution is 5.12. The molecule has 0 amide bonds. The largest absolute Gasteiger partial charge is 0.0961 e. The lowest BCUT2D eigenvalue weighted by molar-refractivity contribution is 0.453. The van der Waals surface area contributed by atoms with Crippen molar-refractivity contribution in [2.24, 2.45) is 11.8 Å². The smallest absolute Gasteiger partial charge is 0.0210 e. The molecule has 0 bridgehead atoms. The third-order valence-electron chi connectivity index (χ3n) is 1.96. The number of hydrogen-bond donors (Lipinski definition) is 0. The molecule has 0 nitrogen and oxygen atoms in total. The molecule has 64 valence electrons. The summed E-state index contributed by atoms with van der Waals surface area (Å²) in [4.78, 5) is 0. The van der Waals surface area contributed by atoms with E-state index in [1.165, 1.54) is 6.42 Å². The van der Waals surface area contributed by atoms with Crippen LogP contribution in [0.5, 0.6) is 0 Å². The molecular weight excluding hydrogens is 132 g/mol. The van der Waals surface area contributed by atoms with Gasteiger partial charge >= 0.3 is 0 Å². The summed E-state index contributed by atoms with van der Waals surface area (Å²) in [6, 6.07) is 0. The Kier molecular flexibility index (Phi) is 4.93. The zero-order valence-corrected chi connectivity index (χ0v) is 8.22. The zero-order chi connectivity index (χ0) is 8.85. The first kappa shape index (κ1) is 10.5. The Labute approximate surface area is 71.0 Å². The van der Waals surface area contributed by atoms with E-state index in [-0.39, 0.29) is 0 Å². The summed E-state index contributed by atoms with van der Waals surface area (Å²) >= 11 is 0. The first-order chi connectivity index (χ1) is 5.07. The average molecular weight is 152 g/mol. The summed E-state index contributed by atoms with van der Waals surface area (Å²) in [6.45, 7) is 12.6. The molecule has 0 saturated carbocycles. The quantitative estimate of drug-likeness (QED) is 0.537. The molecule has 0 aromatic heterocycles. The van der Waals surface area contributed by atoms with E-state index >= 15 is 0 Å². The van der Waals surface area contributed by atoms with Gasteiger partial charge in [-0.1, -0.05) is 45.1 Å². The lowest BCUT2D eigenvalue weighted by Gasteiger charge is -2.13. The summed E-state index contributed by atoms with van der Waals surface area (Å²) < 4.78 is 0.